The average Bonchev–Trinajstić information content (AvgIpc) is 2.87. The summed E-state index contributed by atoms with van der Waals surface area (Å²) >= 11 is 0. The van der Waals surface area contributed by atoms with E-state index in [-0.39, 0.29) is 6.04 Å². The van der Waals surface area contributed by atoms with Crippen molar-refractivity contribution in [3.8, 4) is 0 Å². The minimum atomic E-state index is 0.272. The third-order valence-electron chi connectivity index (χ3n) is 6.28. The Kier molecular flexibility index (Phi) is 3.01. The highest BCUT2D eigenvalue weighted by Crippen LogP contribution is 2.62. The molecule has 1 aromatic rings. The zero-order valence-electron chi connectivity index (χ0n) is 13.0. The molecule has 0 aliphatic heterocycles. The number of hydrogen-bond donors (Lipinski definition) is 1. The molecule has 19 heavy (non-hydrogen) atoms. The van der Waals surface area contributed by atoms with Crippen LogP contribution >= 0.6 is 0 Å². The van der Waals surface area contributed by atoms with E-state index in [1.807, 2.05) is 0 Å². The lowest BCUT2D eigenvalue weighted by Crippen LogP contribution is -2.19. The summed E-state index contributed by atoms with van der Waals surface area (Å²) < 4.78 is 0. The fourth-order valence-electron chi connectivity index (χ4n) is 4.63. The van der Waals surface area contributed by atoms with Gasteiger partial charge in [0, 0.05) is 6.04 Å². The van der Waals surface area contributed by atoms with Crippen LogP contribution in [0.25, 0.3) is 0 Å². The predicted molar refractivity (Wildman–Crippen MR) is 81.4 cm³/mol. The van der Waals surface area contributed by atoms with Gasteiger partial charge >= 0.3 is 0 Å². The van der Waals surface area contributed by atoms with Gasteiger partial charge in [0.15, 0.2) is 0 Å². The van der Waals surface area contributed by atoms with Crippen LogP contribution in [-0.2, 0) is 0 Å². The molecule has 2 aliphatic rings. The van der Waals surface area contributed by atoms with Crippen molar-refractivity contribution in [2.75, 3.05) is 0 Å². The smallest absolute Gasteiger partial charge is 0.0334 e. The molecule has 0 aromatic heterocycles. The summed E-state index contributed by atoms with van der Waals surface area (Å²) in [6.07, 6.45) is 4.28. The Bertz CT molecular complexity index is 490. The molecule has 0 amide bonds. The Hall–Kier alpha value is -0.820. The van der Waals surface area contributed by atoms with Crippen molar-refractivity contribution in [1.29, 1.82) is 0 Å². The van der Waals surface area contributed by atoms with Crippen molar-refractivity contribution >= 4 is 0 Å². The third kappa shape index (κ3) is 1.78. The summed E-state index contributed by atoms with van der Waals surface area (Å²) in [6, 6.07) is 0.272. The van der Waals surface area contributed by atoms with Gasteiger partial charge in [0.05, 0.1) is 0 Å². The Morgan fingerprint density at radius 2 is 1.21 bits per heavy atom. The summed E-state index contributed by atoms with van der Waals surface area (Å²) in [5.41, 5.74) is 15.4. The van der Waals surface area contributed by atoms with Crippen LogP contribution in [0.5, 0.6) is 0 Å². The van der Waals surface area contributed by atoms with Crippen LogP contribution in [0.4, 0.5) is 0 Å². The monoisotopic (exact) mass is 257 g/mol. The van der Waals surface area contributed by atoms with Gasteiger partial charge in [-0.3, -0.25) is 0 Å². The van der Waals surface area contributed by atoms with Crippen LogP contribution in [0.3, 0.4) is 0 Å². The Morgan fingerprint density at radius 3 is 1.68 bits per heavy atom. The summed E-state index contributed by atoms with van der Waals surface area (Å²) in [5, 5.41) is 0. The normalized spacial score (nSPS) is 30.3. The van der Waals surface area contributed by atoms with Gasteiger partial charge in [-0.15, -0.1) is 0 Å². The molecule has 0 heterocycles. The maximum atomic E-state index is 6.68. The van der Waals surface area contributed by atoms with Gasteiger partial charge in [0.1, 0.15) is 0 Å². The molecule has 0 bridgehead atoms. The van der Waals surface area contributed by atoms with Crippen LogP contribution in [0.1, 0.15) is 58.7 Å². The van der Waals surface area contributed by atoms with Crippen LogP contribution in [0, 0.1) is 52.4 Å². The molecular formula is C18H27N. The second-order valence-corrected chi connectivity index (χ2v) is 6.90. The van der Waals surface area contributed by atoms with E-state index in [9.17, 15) is 0 Å². The van der Waals surface area contributed by atoms with Gasteiger partial charge in [-0.2, -0.15) is 0 Å². The first-order valence-corrected chi connectivity index (χ1v) is 7.77. The first-order chi connectivity index (χ1) is 8.95. The van der Waals surface area contributed by atoms with E-state index in [1.54, 1.807) is 0 Å². The molecular weight excluding hydrogens is 230 g/mol. The van der Waals surface area contributed by atoms with E-state index in [0.717, 1.165) is 17.8 Å². The molecule has 0 saturated heterocycles. The van der Waals surface area contributed by atoms with Crippen molar-refractivity contribution in [3.63, 3.8) is 0 Å². The quantitative estimate of drug-likeness (QED) is 0.841. The zero-order valence-corrected chi connectivity index (χ0v) is 13.0. The zero-order chi connectivity index (χ0) is 13.9. The Balaban J connectivity index is 2.01. The van der Waals surface area contributed by atoms with Crippen LogP contribution in [0.2, 0.25) is 0 Å². The highest BCUT2D eigenvalue weighted by molar-refractivity contribution is 5.51. The maximum Gasteiger partial charge on any atom is 0.0334 e. The predicted octanol–water partition coefficient (Wildman–Crippen LogP) is 4.27. The van der Waals surface area contributed by atoms with E-state index in [4.69, 9.17) is 5.73 Å². The molecule has 2 aliphatic carbocycles. The first kappa shape index (κ1) is 13.2. The molecule has 3 rings (SSSR count). The standard InChI is InChI=1S/C18H27N/c1-9-10(2)12(4)16(13(5)11(9)3)18(19)17-14-7-6-8-15(14)17/h14-15,17-18H,6-8,19H2,1-5H3. The number of hydrogen-bond acceptors (Lipinski definition) is 1. The Labute approximate surface area is 117 Å². The van der Waals surface area contributed by atoms with Crippen LogP contribution in [-0.4, -0.2) is 0 Å². The van der Waals surface area contributed by atoms with Gasteiger partial charge < -0.3 is 5.73 Å². The highest BCUT2D eigenvalue weighted by atomic mass is 14.8. The lowest BCUT2D eigenvalue weighted by Gasteiger charge is -2.24. The van der Waals surface area contributed by atoms with E-state index in [1.165, 1.54) is 52.6 Å². The molecule has 2 fully saturated rings. The second kappa shape index (κ2) is 4.34. The molecule has 3 unspecified atom stereocenters. The number of nitrogens with two attached hydrogens (primary N) is 1. The molecule has 0 spiro atoms. The topological polar surface area (TPSA) is 26.0 Å². The molecule has 1 nitrogen and oxygen atoms in total. The molecule has 2 N–H and O–H groups in total. The number of benzene rings is 1. The Morgan fingerprint density at radius 1 is 0.789 bits per heavy atom. The molecule has 104 valence electrons. The highest BCUT2D eigenvalue weighted by Gasteiger charge is 2.55. The lowest BCUT2D eigenvalue weighted by molar-refractivity contribution is 0.498. The summed E-state index contributed by atoms with van der Waals surface area (Å²) in [5.74, 6) is 2.65. The molecule has 2 saturated carbocycles. The minimum absolute atomic E-state index is 0.272. The lowest BCUT2D eigenvalue weighted by atomic mass is 9.84. The van der Waals surface area contributed by atoms with Gasteiger partial charge in [-0.05, 0) is 98.6 Å². The van der Waals surface area contributed by atoms with Crippen molar-refractivity contribution < 1.29 is 0 Å². The van der Waals surface area contributed by atoms with Crippen molar-refractivity contribution in [2.45, 2.75) is 59.9 Å². The van der Waals surface area contributed by atoms with Crippen LogP contribution < -0.4 is 5.73 Å². The molecule has 0 radical (unpaired) electrons. The fourth-order valence-corrected chi connectivity index (χ4v) is 4.63. The average molecular weight is 257 g/mol. The van der Waals surface area contributed by atoms with Gasteiger partial charge in [-0.25, -0.2) is 0 Å². The minimum Gasteiger partial charge on any atom is -0.324 e. The SMILES string of the molecule is Cc1c(C)c(C)c(C(N)C2C3CCCC32)c(C)c1C. The van der Waals surface area contributed by atoms with E-state index >= 15 is 0 Å². The van der Waals surface area contributed by atoms with Crippen molar-refractivity contribution in [2.24, 2.45) is 23.5 Å². The van der Waals surface area contributed by atoms with Crippen LogP contribution in [0.15, 0.2) is 0 Å². The third-order valence-corrected chi connectivity index (χ3v) is 6.28. The van der Waals surface area contributed by atoms with Gasteiger partial charge in [0.2, 0.25) is 0 Å². The van der Waals surface area contributed by atoms with E-state index < -0.39 is 0 Å². The number of rotatable bonds is 2. The maximum absolute atomic E-state index is 6.68. The number of fused-ring (bicyclic) bond motifs is 1. The molecule has 1 aromatic carbocycles. The van der Waals surface area contributed by atoms with E-state index in [2.05, 4.69) is 34.6 Å². The van der Waals surface area contributed by atoms with Gasteiger partial charge in [0.25, 0.3) is 0 Å². The first-order valence-electron chi connectivity index (χ1n) is 7.77. The fraction of sp³-hybridized carbons (Fsp3) is 0.667. The van der Waals surface area contributed by atoms with E-state index in [0.29, 0.717) is 0 Å². The summed E-state index contributed by atoms with van der Waals surface area (Å²) in [7, 11) is 0. The second-order valence-electron chi connectivity index (χ2n) is 6.90. The molecule has 1 heteroatoms. The van der Waals surface area contributed by atoms with Gasteiger partial charge in [-0.1, -0.05) is 6.42 Å². The summed E-state index contributed by atoms with van der Waals surface area (Å²) in [4.78, 5) is 0. The van der Waals surface area contributed by atoms with Crippen molar-refractivity contribution in [3.05, 3.63) is 33.4 Å². The molecule has 3 atom stereocenters. The largest absolute Gasteiger partial charge is 0.324 e. The summed E-state index contributed by atoms with van der Waals surface area (Å²) in [6.45, 7) is 11.3. The van der Waals surface area contributed by atoms with Crippen molar-refractivity contribution in [1.82, 2.24) is 0 Å².